The van der Waals surface area contributed by atoms with Gasteiger partial charge in [0.25, 0.3) is 0 Å². The van der Waals surface area contributed by atoms with Crippen LogP contribution in [0.25, 0.3) is 0 Å². The molecule has 0 rings (SSSR count). The summed E-state index contributed by atoms with van der Waals surface area (Å²) >= 11 is 0. The second kappa shape index (κ2) is 15.8. The second-order valence-electron chi connectivity index (χ2n) is 6.93. The normalized spacial score (nSPS) is 12.2. The fourth-order valence-corrected chi connectivity index (χ4v) is 2.75. The Balaban J connectivity index is 3.30. The third kappa shape index (κ3) is 13.7. The first-order valence-electron chi connectivity index (χ1n) is 10.2. The van der Waals surface area contributed by atoms with E-state index in [1.807, 2.05) is 0 Å². The molecule has 0 aromatic carbocycles. The Labute approximate surface area is 149 Å². The van der Waals surface area contributed by atoms with Crippen molar-refractivity contribution in [1.29, 1.82) is 0 Å². The van der Waals surface area contributed by atoms with Gasteiger partial charge in [-0.3, -0.25) is 4.79 Å². The van der Waals surface area contributed by atoms with Gasteiger partial charge >= 0.3 is 0 Å². The number of Topliss-reactive ketones (excluding diaryl/α,β-unsaturated/α-hetero) is 1. The van der Waals surface area contributed by atoms with Crippen molar-refractivity contribution in [3.8, 4) is 0 Å². The highest BCUT2D eigenvalue weighted by Gasteiger charge is 2.29. The van der Waals surface area contributed by atoms with Crippen molar-refractivity contribution in [3.05, 3.63) is 12.2 Å². The van der Waals surface area contributed by atoms with E-state index in [2.05, 4.69) is 19.1 Å². The van der Waals surface area contributed by atoms with Crippen LogP contribution in [0.15, 0.2) is 12.2 Å². The van der Waals surface area contributed by atoms with Crippen molar-refractivity contribution >= 4 is 5.78 Å². The van der Waals surface area contributed by atoms with Crippen LogP contribution in [-0.2, 0) is 4.79 Å². The van der Waals surface area contributed by atoms with Gasteiger partial charge < -0.3 is 10.2 Å². The van der Waals surface area contributed by atoms with E-state index >= 15 is 0 Å². The second-order valence-corrected chi connectivity index (χ2v) is 6.93. The van der Waals surface area contributed by atoms with E-state index in [-0.39, 0.29) is 12.8 Å². The van der Waals surface area contributed by atoms with Gasteiger partial charge in [-0.05, 0) is 32.1 Å². The zero-order valence-electron chi connectivity index (χ0n) is 16.1. The molecule has 0 aromatic heterocycles. The number of hydrogen-bond acceptors (Lipinski definition) is 3. The topological polar surface area (TPSA) is 57.5 Å². The van der Waals surface area contributed by atoms with E-state index in [0.29, 0.717) is 0 Å². The minimum atomic E-state index is -2.11. The predicted octanol–water partition coefficient (Wildman–Crippen LogP) is 5.68. The summed E-state index contributed by atoms with van der Waals surface area (Å²) in [4.78, 5) is 11.5. The Bertz CT molecular complexity index is 321. The summed E-state index contributed by atoms with van der Waals surface area (Å²) in [5.74, 6) is -2.55. The lowest BCUT2D eigenvalue weighted by Gasteiger charge is -2.17. The standard InChI is InChI=1S/C21H40O3/c1-3-5-6-7-8-9-10-11-12-13-14-15-16-17-18-19-20(22)21(23,24)4-2/h11-12,23-24H,3-10,13-19H2,1-2H3/b12-11-. The van der Waals surface area contributed by atoms with Gasteiger partial charge in [0.1, 0.15) is 0 Å². The van der Waals surface area contributed by atoms with Crippen LogP contribution >= 0.6 is 0 Å². The SMILES string of the molecule is CCCCCCCC/C=C\CCCCCCCC(=O)C(O)(O)CC. The Kier molecular flexibility index (Phi) is 15.4. The number of allylic oxidation sites excluding steroid dienone is 2. The fraction of sp³-hybridized carbons (Fsp3) is 0.857. The van der Waals surface area contributed by atoms with Crippen molar-refractivity contribution in [3.63, 3.8) is 0 Å². The minimum Gasteiger partial charge on any atom is -0.360 e. The zero-order chi connectivity index (χ0) is 18.1. The number of unbranched alkanes of at least 4 members (excludes halogenated alkanes) is 11. The lowest BCUT2D eigenvalue weighted by atomic mass is 10.0. The van der Waals surface area contributed by atoms with Crippen LogP contribution in [0.5, 0.6) is 0 Å². The lowest BCUT2D eigenvalue weighted by molar-refractivity contribution is -0.183. The molecule has 0 aliphatic carbocycles. The van der Waals surface area contributed by atoms with E-state index in [9.17, 15) is 15.0 Å². The molecule has 0 atom stereocenters. The Morgan fingerprint density at radius 3 is 1.71 bits per heavy atom. The average molecular weight is 341 g/mol. The highest BCUT2D eigenvalue weighted by atomic mass is 16.5. The summed E-state index contributed by atoms with van der Waals surface area (Å²) in [7, 11) is 0. The van der Waals surface area contributed by atoms with Gasteiger partial charge in [-0.1, -0.05) is 77.4 Å². The van der Waals surface area contributed by atoms with E-state index < -0.39 is 11.6 Å². The van der Waals surface area contributed by atoms with Crippen LogP contribution in [0.3, 0.4) is 0 Å². The number of carbonyl (C=O) groups is 1. The maximum atomic E-state index is 11.5. The molecule has 0 saturated heterocycles. The summed E-state index contributed by atoms with van der Waals surface area (Å²) in [6.45, 7) is 3.86. The van der Waals surface area contributed by atoms with Crippen molar-refractivity contribution in [2.24, 2.45) is 0 Å². The fourth-order valence-electron chi connectivity index (χ4n) is 2.75. The average Bonchev–Trinajstić information content (AvgIpc) is 2.58. The van der Waals surface area contributed by atoms with Crippen molar-refractivity contribution in [2.75, 3.05) is 0 Å². The molecule has 0 radical (unpaired) electrons. The summed E-state index contributed by atoms with van der Waals surface area (Å²) in [6, 6.07) is 0. The van der Waals surface area contributed by atoms with Crippen LogP contribution in [-0.4, -0.2) is 21.8 Å². The molecule has 3 heteroatoms. The molecular formula is C21H40O3. The smallest absolute Gasteiger partial charge is 0.223 e. The Morgan fingerprint density at radius 1 is 0.750 bits per heavy atom. The monoisotopic (exact) mass is 340 g/mol. The van der Waals surface area contributed by atoms with Crippen LogP contribution in [0, 0.1) is 0 Å². The number of hydrogen-bond donors (Lipinski definition) is 2. The zero-order valence-corrected chi connectivity index (χ0v) is 16.1. The van der Waals surface area contributed by atoms with Crippen LogP contribution < -0.4 is 0 Å². The van der Waals surface area contributed by atoms with Crippen LogP contribution in [0.1, 0.15) is 110 Å². The maximum Gasteiger partial charge on any atom is 0.223 e. The van der Waals surface area contributed by atoms with Gasteiger partial charge in [0.05, 0.1) is 0 Å². The highest BCUT2D eigenvalue weighted by molar-refractivity contribution is 5.85. The molecule has 0 fully saturated rings. The number of ketones is 1. The molecule has 0 unspecified atom stereocenters. The largest absolute Gasteiger partial charge is 0.360 e. The summed E-state index contributed by atoms with van der Waals surface area (Å²) in [5.41, 5.74) is 0. The highest BCUT2D eigenvalue weighted by Crippen LogP contribution is 2.14. The molecule has 0 heterocycles. The molecule has 0 aliphatic rings. The van der Waals surface area contributed by atoms with Gasteiger partial charge in [-0.15, -0.1) is 0 Å². The van der Waals surface area contributed by atoms with Gasteiger partial charge in [-0.25, -0.2) is 0 Å². The Hall–Kier alpha value is -0.670. The molecule has 2 N–H and O–H groups in total. The van der Waals surface area contributed by atoms with E-state index in [4.69, 9.17) is 0 Å². The number of rotatable bonds is 17. The van der Waals surface area contributed by atoms with Gasteiger partial charge in [0.15, 0.2) is 5.78 Å². The molecule has 0 spiro atoms. The maximum absolute atomic E-state index is 11.5. The van der Waals surface area contributed by atoms with Gasteiger partial charge in [0.2, 0.25) is 5.79 Å². The minimum absolute atomic E-state index is 0.0664. The molecule has 24 heavy (non-hydrogen) atoms. The summed E-state index contributed by atoms with van der Waals surface area (Å²) in [5, 5.41) is 18.8. The Morgan fingerprint density at radius 2 is 1.21 bits per heavy atom. The van der Waals surface area contributed by atoms with E-state index in [1.54, 1.807) is 6.92 Å². The number of carbonyl (C=O) groups excluding carboxylic acids is 1. The molecule has 0 aliphatic heterocycles. The first-order chi connectivity index (χ1) is 11.5. The molecule has 3 nitrogen and oxygen atoms in total. The molecule has 0 bridgehead atoms. The van der Waals surface area contributed by atoms with Crippen LogP contribution in [0.4, 0.5) is 0 Å². The van der Waals surface area contributed by atoms with Crippen LogP contribution in [0.2, 0.25) is 0 Å². The van der Waals surface area contributed by atoms with Crippen molar-refractivity contribution in [2.45, 2.75) is 116 Å². The molecule has 142 valence electrons. The lowest BCUT2D eigenvalue weighted by Crippen LogP contribution is -2.37. The predicted molar refractivity (Wildman–Crippen MR) is 102 cm³/mol. The molecule has 0 saturated carbocycles. The quantitative estimate of drug-likeness (QED) is 0.203. The molecule has 0 aromatic rings. The van der Waals surface area contributed by atoms with Gasteiger partial charge in [-0.2, -0.15) is 0 Å². The van der Waals surface area contributed by atoms with Crippen molar-refractivity contribution in [1.82, 2.24) is 0 Å². The number of aliphatic hydroxyl groups is 2. The molecular weight excluding hydrogens is 300 g/mol. The summed E-state index contributed by atoms with van der Waals surface area (Å²) < 4.78 is 0. The van der Waals surface area contributed by atoms with E-state index in [1.165, 1.54) is 57.8 Å². The molecule has 0 amide bonds. The first-order valence-corrected chi connectivity index (χ1v) is 10.2. The summed E-state index contributed by atoms with van der Waals surface area (Å²) in [6.07, 6.45) is 20.8. The van der Waals surface area contributed by atoms with E-state index in [0.717, 1.165) is 25.7 Å². The first kappa shape index (κ1) is 23.3. The third-order valence-electron chi connectivity index (χ3n) is 4.61. The third-order valence-corrected chi connectivity index (χ3v) is 4.61. The van der Waals surface area contributed by atoms with Gasteiger partial charge in [0, 0.05) is 12.8 Å². The van der Waals surface area contributed by atoms with Crippen molar-refractivity contribution < 1.29 is 15.0 Å².